The lowest BCUT2D eigenvalue weighted by Gasteiger charge is -2.09. The van der Waals surface area contributed by atoms with Crippen molar-refractivity contribution in [2.75, 3.05) is 6.54 Å². The Morgan fingerprint density at radius 1 is 1.21 bits per heavy atom. The highest BCUT2D eigenvalue weighted by Crippen LogP contribution is 2.21. The van der Waals surface area contributed by atoms with Crippen molar-refractivity contribution in [1.82, 2.24) is 5.32 Å². The Labute approximate surface area is 114 Å². The molecule has 0 saturated heterocycles. The van der Waals surface area contributed by atoms with E-state index in [1.165, 1.54) is 5.56 Å². The Kier molecular flexibility index (Phi) is 4.63. The van der Waals surface area contributed by atoms with Crippen LogP contribution in [0.2, 0.25) is 0 Å². The van der Waals surface area contributed by atoms with Crippen molar-refractivity contribution in [3.05, 3.63) is 53.0 Å². The first-order valence-electron chi connectivity index (χ1n) is 6.66. The molecule has 0 bridgehead atoms. The van der Waals surface area contributed by atoms with Crippen molar-refractivity contribution < 1.29 is 9.15 Å². The molecule has 0 aliphatic carbocycles. The third-order valence-electron chi connectivity index (χ3n) is 3.09. The SMILES string of the molecule is CCNCc1ccoc1COc1ccc(C)cc1C. The molecular weight excluding hydrogens is 238 g/mol. The van der Waals surface area contributed by atoms with Crippen LogP contribution in [0.25, 0.3) is 0 Å². The van der Waals surface area contributed by atoms with Crippen LogP contribution in [0.15, 0.2) is 34.9 Å². The summed E-state index contributed by atoms with van der Waals surface area (Å²) in [5.74, 6) is 1.80. The molecule has 0 radical (unpaired) electrons. The van der Waals surface area contributed by atoms with Gasteiger partial charge < -0.3 is 14.5 Å². The summed E-state index contributed by atoms with van der Waals surface area (Å²) in [5.41, 5.74) is 3.56. The summed E-state index contributed by atoms with van der Waals surface area (Å²) in [5, 5.41) is 3.29. The van der Waals surface area contributed by atoms with E-state index in [0.29, 0.717) is 6.61 Å². The minimum Gasteiger partial charge on any atom is -0.485 e. The molecule has 3 heteroatoms. The van der Waals surface area contributed by atoms with Crippen LogP contribution in [0.1, 0.15) is 29.4 Å². The molecule has 0 saturated carbocycles. The van der Waals surface area contributed by atoms with Gasteiger partial charge in [0.15, 0.2) is 0 Å². The van der Waals surface area contributed by atoms with E-state index in [1.807, 2.05) is 12.1 Å². The summed E-state index contributed by atoms with van der Waals surface area (Å²) in [4.78, 5) is 0. The van der Waals surface area contributed by atoms with Gasteiger partial charge in [0.1, 0.15) is 18.1 Å². The maximum atomic E-state index is 5.84. The number of furan rings is 1. The number of aryl methyl sites for hydroxylation is 2. The smallest absolute Gasteiger partial charge is 0.146 e. The van der Waals surface area contributed by atoms with E-state index in [0.717, 1.165) is 35.7 Å². The van der Waals surface area contributed by atoms with Gasteiger partial charge in [0.05, 0.1) is 6.26 Å². The minimum absolute atomic E-state index is 0.470. The largest absolute Gasteiger partial charge is 0.485 e. The standard InChI is InChI=1S/C16H21NO2/c1-4-17-10-14-7-8-18-16(14)11-19-15-6-5-12(2)9-13(15)3/h5-9,17H,4,10-11H2,1-3H3. The van der Waals surface area contributed by atoms with Gasteiger partial charge in [-0.15, -0.1) is 0 Å². The van der Waals surface area contributed by atoms with E-state index in [9.17, 15) is 0 Å². The first-order valence-corrected chi connectivity index (χ1v) is 6.66. The fourth-order valence-electron chi connectivity index (χ4n) is 2.02. The molecule has 102 valence electrons. The third-order valence-corrected chi connectivity index (χ3v) is 3.09. The van der Waals surface area contributed by atoms with Gasteiger partial charge in [-0.05, 0) is 38.1 Å². The number of hydrogen-bond acceptors (Lipinski definition) is 3. The van der Waals surface area contributed by atoms with Gasteiger partial charge in [0, 0.05) is 12.1 Å². The molecule has 0 atom stereocenters. The monoisotopic (exact) mass is 259 g/mol. The topological polar surface area (TPSA) is 34.4 Å². The molecule has 1 heterocycles. The van der Waals surface area contributed by atoms with Crippen LogP contribution in [-0.2, 0) is 13.2 Å². The van der Waals surface area contributed by atoms with Gasteiger partial charge in [-0.1, -0.05) is 24.6 Å². The lowest BCUT2D eigenvalue weighted by molar-refractivity contribution is 0.266. The van der Waals surface area contributed by atoms with E-state index < -0.39 is 0 Å². The predicted octanol–water partition coefficient (Wildman–Crippen LogP) is 3.58. The summed E-state index contributed by atoms with van der Waals surface area (Å²) in [7, 11) is 0. The molecule has 0 aliphatic heterocycles. The van der Waals surface area contributed by atoms with Crippen molar-refractivity contribution in [2.45, 2.75) is 33.9 Å². The van der Waals surface area contributed by atoms with Gasteiger partial charge in [0.25, 0.3) is 0 Å². The van der Waals surface area contributed by atoms with E-state index in [-0.39, 0.29) is 0 Å². The maximum absolute atomic E-state index is 5.84. The second-order valence-electron chi connectivity index (χ2n) is 4.71. The average molecular weight is 259 g/mol. The van der Waals surface area contributed by atoms with Gasteiger partial charge in [-0.2, -0.15) is 0 Å². The zero-order chi connectivity index (χ0) is 13.7. The highest BCUT2D eigenvalue weighted by Gasteiger charge is 2.07. The highest BCUT2D eigenvalue weighted by molar-refractivity contribution is 5.35. The molecule has 0 aliphatic rings. The van der Waals surface area contributed by atoms with Gasteiger partial charge in [0.2, 0.25) is 0 Å². The summed E-state index contributed by atoms with van der Waals surface area (Å²) < 4.78 is 11.3. The molecule has 0 spiro atoms. The first-order chi connectivity index (χ1) is 9.20. The number of ether oxygens (including phenoxy) is 1. The van der Waals surface area contributed by atoms with Crippen LogP contribution in [0, 0.1) is 13.8 Å². The van der Waals surface area contributed by atoms with Crippen LogP contribution in [0.3, 0.4) is 0 Å². The van der Waals surface area contributed by atoms with E-state index in [2.05, 4.69) is 38.2 Å². The minimum atomic E-state index is 0.470. The zero-order valence-electron chi connectivity index (χ0n) is 11.8. The highest BCUT2D eigenvalue weighted by atomic mass is 16.5. The fourth-order valence-corrected chi connectivity index (χ4v) is 2.02. The molecule has 19 heavy (non-hydrogen) atoms. The molecule has 2 rings (SSSR count). The van der Waals surface area contributed by atoms with Crippen LogP contribution in [-0.4, -0.2) is 6.54 Å². The Hall–Kier alpha value is -1.74. The van der Waals surface area contributed by atoms with Crippen molar-refractivity contribution in [2.24, 2.45) is 0 Å². The number of hydrogen-bond donors (Lipinski definition) is 1. The summed E-state index contributed by atoms with van der Waals surface area (Å²) in [6.45, 7) is 8.46. The second kappa shape index (κ2) is 6.43. The van der Waals surface area contributed by atoms with Crippen molar-refractivity contribution in [1.29, 1.82) is 0 Å². The third kappa shape index (κ3) is 3.61. The zero-order valence-corrected chi connectivity index (χ0v) is 11.8. The Morgan fingerprint density at radius 2 is 2.05 bits per heavy atom. The lowest BCUT2D eigenvalue weighted by Crippen LogP contribution is -2.12. The summed E-state index contributed by atoms with van der Waals surface area (Å²) >= 11 is 0. The lowest BCUT2D eigenvalue weighted by atomic mass is 10.1. The molecule has 0 amide bonds. The number of rotatable bonds is 6. The van der Waals surface area contributed by atoms with E-state index in [4.69, 9.17) is 9.15 Å². The number of nitrogens with one attached hydrogen (secondary N) is 1. The van der Waals surface area contributed by atoms with Crippen molar-refractivity contribution in [3.8, 4) is 5.75 Å². The Bertz CT molecular complexity index is 531. The summed E-state index contributed by atoms with van der Waals surface area (Å²) in [6, 6.07) is 8.18. The van der Waals surface area contributed by atoms with Crippen LogP contribution < -0.4 is 10.1 Å². The van der Waals surface area contributed by atoms with Crippen LogP contribution >= 0.6 is 0 Å². The first kappa shape index (κ1) is 13.7. The molecular formula is C16H21NO2. The molecule has 0 unspecified atom stereocenters. The molecule has 2 aromatic rings. The van der Waals surface area contributed by atoms with Gasteiger partial charge in [-0.3, -0.25) is 0 Å². The predicted molar refractivity (Wildman–Crippen MR) is 76.3 cm³/mol. The molecule has 1 aromatic heterocycles. The molecule has 1 aromatic carbocycles. The molecule has 3 nitrogen and oxygen atoms in total. The Balaban J connectivity index is 2.00. The van der Waals surface area contributed by atoms with E-state index in [1.54, 1.807) is 6.26 Å². The fraction of sp³-hybridized carbons (Fsp3) is 0.375. The normalized spacial score (nSPS) is 10.7. The quantitative estimate of drug-likeness (QED) is 0.861. The van der Waals surface area contributed by atoms with Crippen LogP contribution in [0.5, 0.6) is 5.75 Å². The van der Waals surface area contributed by atoms with Gasteiger partial charge >= 0.3 is 0 Å². The van der Waals surface area contributed by atoms with Crippen LogP contribution in [0.4, 0.5) is 0 Å². The molecule has 0 fully saturated rings. The van der Waals surface area contributed by atoms with Crippen molar-refractivity contribution in [3.63, 3.8) is 0 Å². The van der Waals surface area contributed by atoms with E-state index >= 15 is 0 Å². The number of benzene rings is 1. The second-order valence-corrected chi connectivity index (χ2v) is 4.71. The van der Waals surface area contributed by atoms with Crippen molar-refractivity contribution >= 4 is 0 Å². The molecule has 1 N–H and O–H groups in total. The maximum Gasteiger partial charge on any atom is 0.146 e. The Morgan fingerprint density at radius 3 is 2.79 bits per heavy atom. The summed E-state index contributed by atoms with van der Waals surface area (Å²) in [6.07, 6.45) is 1.72. The average Bonchev–Trinajstić information content (AvgIpc) is 2.83. The van der Waals surface area contributed by atoms with Gasteiger partial charge in [-0.25, -0.2) is 0 Å².